The minimum atomic E-state index is -1.54. The Morgan fingerprint density at radius 2 is 1.76 bits per heavy atom. The summed E-state index contributed by atoms with van der Waals surface area (Å²) in [5.41, 5.74) is 0.859. The van der Waals surface area contributed by atoms with Gasteiger partial charge >= 0.3 is 0 Å². The van der Waals surface area contributed by atoms with Crippen molar-refractivity contribution in [3.8, 4) is 0 Å². The minimum Gasteiger partial charge on any atom is -0.394 e. The molecule has 5 atom stereocenters. The summed E-state index contributed by atoms with van der Waals surface area (Å²) >= 11 is 0. The normalized spacial score (nSPS) is 26.9. The number of carbonyl (C=O) groups is 1. The van der Waals surface area contributed by atoms with Crippen LogP contribution in [-0.4, -0.2) is 79.9 Å². The van der Waals surface area contributed by atoms with E-state index in [1.165, 1.54) is 47.6 Å². The standard InChI is InChI=1S/C20H23FN2O6/c21-14-3-1-2-12(8-14)9-23(20(28)13-4-6-22-7-5-13)10-15-17(25)19(27)18(26)16(11-24)29-15/h1-8,15-19,24-27H,9-11H2/t15-,16+,17+,18+,19+/m0/s1. The second-order valence-corrected chi connectivity index (χ2v) is 6.92. The summed E-state index contributed by atoms with van der Waals surface area (Å²) in [4.78, 5) is 18.2. The fourth-order valence-electron chi connectivity index (χ4n) is 3.30. The first kappa shape index (κ1) is 21.3. The van der Waals surface area contributed by atoms with E-state index >= 15 is 0 Å². The van der Waals surface area contributed by atoms with Crippen LogP contribution in [0.3, 0.4) is 0 Å². The van der Waals surface area contributed by atoms with Crippen LogP contribution in [-0.2, 0) is 11.3 Å². The van der Waals surface area contributed by atoms with E-state index in [0.29, 0.717) is 11.1 Å². The number of aromatic nitrogens is 1. The molecule has 0 aliphatic carbocycles. The molecule has 0 bridgehead atoms. The van der Waals surface area contributed by atoms with Crippen LogP contribution < -0.4 is 0 Å². The van der Waals surface area contributed by atoms with E-state index < -0.39 is 48.9 Å². The molecule has 156 valence electrons. The van der Waals surface area contributed by atoms with Crippen LogP contribution in [0.1, 0.15) is 15.9 Å². The average molecular weight is 406 g/mol. The van der Waals surface area contributed by atoms with Crippen molar-refractivity contribution in [3.63, 3.8) is 0 Å². The zero-order valence-electron chi connectivity index (χ0n) is 15.5. The molecule has 0 spiro atoms. The third-order valence-corrected chi connectivity index (χ3v) is 4.87. The maximum absolute atomic E-state index is 13.6. The molecule has 0 saturated carbocycles. The van der Waals surface area contributed by atoms with Crippen molar-refractivity contribution in [2.75, 3.05) is 13.2 Å². The molecule has 1 aliphatic heterocycles. The predicted molar refractivity (Wildman–Crippen MR) is 99.1 cm³/mol. The molecule has 9 heteroatoms. The van der Waals surface area contributed by atoms with Crippen LogP contribution in [0.2, 0.25) is 0 Å². The van der Waals surface area contributed by atoms with Crippen molar-refractivity contribution in [3.05, 3.63) is 65.7 Å². The van der Waals surface area contributed by atoms with E-state index in [-0.39, 0.29) is 13.1 Å². The van der Waals surface area contributed by atoms with Crippen LogP contribution in [0, 0.1) is 5.82 Å². The zero-order valence-corrected chi connectivity index (χ0v) is 15.5. The number of nitrogens with zero attached hydrogens (tertiary/aromatic N) is 2. The van der Waals surface area contributed by atoms with Crippen LogP contribution in [0.25, 0.3) is 0 Å². The summed E-state index contributed by atoms with van der Waals surface area (Å²) in [7, 11) is 0. The molecule has 2 aromatic rings. The Kier molecular flexibility index (Phi) is 6.88. The van der Waals surface area contributed by atoms with Gasteiger partial charge in [0.15, 0.2) is 0 Å². The first-order chi connectivity index (χ1) is 13.9. The number of benzene rings is 1. The van der Waals surface area contributed by atoms with Crippen LogP contribution in [0.15, 0.2) is 48.8 Å². The number of carbonyl (C=O) groups excluding carboxylic acids is 1. The van der Waals surface area contributed by atoms with Gasteiger partial charge in [-0.2, -0.15) is 0 Å². The highest BCUT2D eigenvalue weighted by Gasteiger charge is 2.44. The van der Waals surface area contributed by atoms with Crippen molar-refractivity contribution in [1.82, 2.24) is 9.88 Å². The Balaban J connectivity index is 1.85. The summed E-state index contributed by atoms with van der Waals surface area (Å²) in [6.07, 6.45) is -3.73. The Bertz CT molecular complexity index is 822. The topological polar surface area (TPSA) is 123 Å². The average Bonchev–Trinajstić information content (AvgIpc) is 2.73. The van der Waals surface area contributed by atoms with Gasteiger partial charge in [0, 0.05) is 24.5 Å². The molecule has 1 aliphatic rings. The summed E-state index contributed by atoms with van der Waals surface area (Å²) in [5.74, 6) is -0.861. The van der Waals surface area contributed by atoms with Gasteiger partial charge in [0.1, 0.15) is 36.3 Å². The Morgan fingerprint density at radius 3 is 2.41 bits per heavy atom. The van der Waals surface area contributed by atoms with Crippen molar-refractivity contribution in [1.29, 1.82) is 0 Å². The largest absolute Gasteiger partial charge is 0.394 e. The van der Waals surface area contributed by atoms with E-state index in [4.69, 9.17) is 4.74 Å². The number of ether oxygens (including phenoxy) is 1. The Morgan fingerprint density at radius 1 is 1.07 bits per heavy atom. The van der Waals surface area contributed by atoms with Gasteiger partial charge in [0.2, 0.25) is 0 Å². The highest BCUT2D eigenvalue weighted by Crippen LogP contribution is 2.23. The number of amides is 1. The third kappa shape index (κ3) is 4.95. The van der Waals surface area contributed by atoms with Gasteiger partial charge in [-0.15, -0.1) is 0 Å². The van der Waals surface area contributed by atoms with Crippen LogP contribution in [0.5, 0.6) is 0 Å². The van der Waals surface area contributed by atoms with Gasteiger partial charge in [-0.3, -0.25) is 9.78 Å². The van der Waals surface area contributed by atoms with Gasteiger partial charge in [0.05, 0.1) is 13.2 Å². The van der Waals surface area contributed by atoms with Gasteiger partial charge < -0.3 is 30.1 Å². The molecular formula is C20H23FN2O6. The maximum atomic E-state index is 13.6. The minimum absolute atomic E-state index is 0.0218. The molecule has 29 heavy (non-hydrogen) atoms. The lowest BCUT2D eigenvalue weighted by Gasteiger charge is -2.41. The van der Waals surface area contributed by atoms with Crippen LogP contribution in [0.4, 0.5) is 4.39 Å². The molecule has 3 rings (SSSR count). The van der Waals surface area contributed by atoms with E-state index in [0.717, 1.165) is 0 Å². The Hall–Kier alpha value is -2.43. The quantitative estimate of drug-likeness (QED) is 0.520. The molecule has 4 N–H and O–H groups in total. The number of pyridine rings is 1. The molecule has 1 fully saturated rings. The molecule has 8 nitrogen and oxygen atoms in total. The summed E-state index contributed by atoms with van der Waals surface area (Å²) in [6.45, 7) is -0.698. The van der Waals surface area contributed by atoms with Gasteiger partial charge in [-0.1, -0.05) is 12.1 Å². The van der Waals surface area contributed by atoms with Crippen molar-refractivity contribution >= 4 is 5.91 Å². The number of hydrogen-bond acceptors (Lipinski definition) is 7. The fraction of sp³-hybridized carbons (Fsp3) is 0.400. The SMILES string of the molecule is O=C(c1ccncc1)N(Cc1cccc(F)c1)C[C@@H]1O[C@H](CO)[C@@H](O)[C@H](O)[C@@H]1O. The number of aliphatic hydroxyl groups is 4. The second-order valence-electron chi connectivity index (χ2n) is 6.92. The molecular weight excluding hydrogens is 383 g/mol. The van der Waals surface area contributed by atoms with E-state index in [1.54, 1.807) is 6.07 Å². The molecule has 1 aromatic carbocycles. The lowest BCUT2D eigenvalue weighted by molar-refractivity contribution is -0.231. The summed E-state index contributed by atoms with van der Waals surface area (Å²) < 4.78 is 19.1. The molecule has 0 unspecified atom stereocenters. The smallest absolute Gasteiger partial charge is 0.254 e. The van der Waals surface area contributed by atoms with Gasteiger partial charge in [-0.05, 0) is 29.8 Å². The van der Waals surface area contributed by atoms with Crippen LogP contribution >= 0.6 is 0 Å². The number of halogens is 1. The molecule has 0 radical (unpaired) electrons. The Labute approximate surface area is 166 Å². The fourth-order valence-corrected chi connectivity index (χ4v) is 3.30. The molecule has 1 saturated heterocycles. The van der Waals surface area contributed by atoms with Crippen molar-refractivity contribution in [2.45, 2.75) is 37.1 Å². The van der Waals surface area contributed by atoms with Crippen molar-refractivity contribution in [2.24, 2.45) is 0 Å². The molecule has 1 aromatic heterocycles. The first-order valence-electron chi connectivity index (χ1n) is 9.15. The lowest BCUT2D eigenvalue weighted by atomic mass is 9.94. The molecule has 2 heterocycles. The predicted octanol–water partition coefficient (Wildman–Crippen LogP) is -0.295. The number of hydrogen-bond donors (Lipinski definition) is 4. The zero-order chi connectivity index (χ0) is 21.0. The number of aliphatic hydroxyl groups excluding tert-OH is 4. The van der Waals surface area contributed by atoms with E-state index in [2.05, 4.69) is 4.98 Å². The highest BCUT2D eigenvalue weighted by atomic mass is 19.1. The molecule has 1 amide bonds. The van der Waals surface area contributed by atoms with Gasteiger partial charge in [0.25, 0.3) is 5.91 Å². The number of rotatable bonds is 6. The van der Waals surface area contributed by atoms with Crippen molar-refractivity contribution < 1.29 is 34.3 Å². The first-order valence-corrected chi connectivity index (χ1v) is 9.15. The van der Waals surface area contributed by atoms with E-state index in [1.807, 2.05) is 0 Å². The summed E-state index contributed by atoms with van der Waals surface area (Å²) in [5, 5.41) is 39.6. The monoisotopic (exact) mass is 406 g/mol. The van der Waals surface area contributed by atoms with E-state index in [9.17, 15) is 29.6 Å². The highest BCUT2D eigenvalue weighted by molar-refractivity contribution is 5.94. The third-order valence-electron chi connectivity index (χ3n) is 4.87. The van der Waals surface area contributed by atoms with Gasteiger partial charge in [-0.25, -0.2) is 4.39 Å². The second kappa shape index (κ2) is 9.38. The summed E-state index contributed by atoms with van der Waals surface area (Å²) in [6, 6.07) is 8.80. The maximum Gasteiger partial charge on any atom is 0.254 e. The lowest BCUT2D eigenvalue weighted by Crippen LogP contribution is -2.61.